The van der Waals surface area contributed by atoms with Crippen LogP contribution in [0.2, 0.25) is 0 Å². The number of nitrogens with zero attached hydrogens (tertiary/aromatic N) is 2. The molecule has 1 unspecified atom stereocenters. The Kier molecular flexibility index (Phi) is 1.61. The highest BCUT2D eigenvalue weighted by Gasteiger charge is 2.22. The Morgan fingerprint density at radius 3 is 2.92 bits per heavy atom. The average Bonchev–Trinajstić information content (AvgIpc) is 2.58. The largest absolute Gasteiger partial charge is 0.263 e. The fourth-order valence-corrected chi connectivity index (χ4v) is 1.46. The second-order valence-electron chi connectivity index (χ2n) is 3.30. The molecule has 0 aliphatic heterocycles. The molecule has 1 heterocycles. The van der Waals surface area contributed by atoms with Crippen LogP contribution in [0.1, 0.15) is 13.3 Å². The molecule has 62 valence electrons. The summed E-state index contributed by atoms with van der Waals surface area (Å²) in [7, 11) is 0. The van der Waals surface area contributed by atoms with Crippen molar-refractivity contribution in [2.75, 3.05) is 0 Å². The van der Waals surface area contributed by atoms with Gasteiger partial charge >= 0.3 is 0 Å². The summed E-state index contributed by atoms with van der Waals surface area (Å²) in [5.74, 6) is 0. The first kappa shape index (κ1) is 7.35. The van der Waals surface area contributed by atoms with Crippen LogP contribution in [0, 0.1) is 0 Å². The SMILES string of the molecule is CC1(n2cccn2)C=CC=CC1. The molecular weight excluding hydrogens is 148 g/mol. The van der Waals surface area contributed by atoms with Gasteiger partial charge in [-0.05, 0) is 19.4 Å². The van der Waals surface area contributed by atoms with E-state index in [1.807, 2.05) is 23.1 Å². The van der Waals surface area contributed by atoms with Crippen molar-refractivity contribution in [2.45, 2.75) is 18.9 Å². The third kappa shape index (κ3) is 1.09. The van der Waals surface area contributed by atoms with Crippen LogP contribution in [0.5, 0.6) is 0 Å². The molecule has 0 saturated carbocycles. The van der Waals surface area contributed by atoms with Crippen molar-refractivity contribution in [3.63, 3.8) is 0 Å². The number of hydrogen-bond acceptors (Lipinski definition) is 1. The summed E-state index contributed by atoms with van der Waals surface area (Å²) in [4.78, 5) is 0. The van der Waals surface area contributed by atoms with Crippen LogP contribution in [0.25, 0.3) is 0 Å². The van der Waals surface area contributed by atoms with Gasteiger partial charge in [-0.25, -0.2) is 0 Å². The van der Waals surface area contributed by atoms with E-state index in [2.05, 4.69) is 36.3 Å². The monoisotopic (exact) mass is 160 g/mol. The van der Waals surface area contributed by atoms with Crippen LogP contribution in [0.15, 0.2) is 42.8 Å². The quantitative estimate of drug-likeness (QED) is 0.615. The fraction of sp³-hybridized carbons (Fsp3) is 0.300. The maximum atomic E-state index is 4.24. The molecule has 0 aromatic carbocycles. The van der Waals surface area contributed by atoms with Gasteiger partial charge in [-0.1, -0.05) is 24.3 Å². The highest BCUT2D eigenvalue weighted by Crippen LogP contribution is 2.24. The molecule has 0 fully saturated rings. The summed E-state index contributed by atoms with van der Waals surface area (Å²) < 4.78 is 1.99. The predicted molar refractivity (Wildman–Crippen MR) is 48.8 cm³/mol. The van der Waals surface area contributed by atoms with Crippen LogP contribution < -0.4 is 0 Å². The molecule has 12 heavy (non-hydrogen) atoms. The zero-order valence-corrected chi connectivity index (χ0v) is 7.14. The summed E-state index contributed by atoms with van der Waals surface area (Å²) in [5, 5.41) is 4.24. The Balaban J connectivity index is 2.34. The summed E-state index contributed by atoms with van der Waals surface area (Å²) in [5.41, 5.74) is 0.0399. The number of allylic oxidation sites excluding steroid dienone is 4. The second kappa shape index (κ2) is 2.63. The molecule has 0 bridgehead atoms. The Labute approximate surface area is 72.2 Å². The average molecular weight is 160 g/mol. The Morgan fingerprint density at radius 2 is 2.33 bits per heavy atom. The molecule has 1 aliphatic carbocycles. The lowest BCUT2D eigenvalue weighted by atomic mass is 9.94. The molecule has 2 rings (SSSR count). The molecule has 1 aromatic rings. The van der Waals surface area contributed by atoms with E-state index in [4.69, 9.17) is 0 Å². The smallest absolute Gasteiger partial charge is 0.0816 e. The second-order valence-corrected chi connectivity index (χ2v) is 3.30. The van der Waals surface area contributed by atoms with Crippen LogP contribution in [0.4, 0.5) is 0 Å². The third-order valence-electron chi connectivity index (χ3n) is 2.26. The maximum absolute atomic E-state index is 4.24. The van der Waals surface area contributed by atoms with Gasteiger partial charge in [0.1, 0.15) is 0 Å². The van der Waals surface area contributed by atoms with E-state index >= 15 is 0 Å². The minimum atomic E-state index is 0.0399. The summed E-state index contributed by atoms with van der Waals surface area (Å²) in [6.45, 7) is 2.18. The van der Waals surface area contributed by atoms with Gasteiger partial charge in [-0.2, -0.15) is 5.10 Å². The van der Waals surface area contributed by atoms with Crippen molar-refractivity contribution in [3.8, 4) is 0 Å². The molecule has 1 atom stereocenters. The molecule has 0 radical (unpaired) electrons. The number of aromatic nitrogens is 2. The molecule has 0 N–H and O–H groups in total. The zero-order chi connectivity index (χ0) is 8.44. The van der Waals surface area contributed by atoms with Gasteiger partial charge in [-0.3, -0.25) is 4.68 Å². The van der Waals surface area contributed by atoms with E-state index in [-0.39, 0.29) is 5.54 Å². The minimum absolute atomic E-state index is 0.0399. The third-order valence-corrected chi connectivity index (χ3v) is 2.26. The minimum Gasteiger partial charge on any atom is -0.263 e. The molecule has 1 aromatic heterocycles. The van der Waals surface area contributed by atoms with E-state index in [0.717, 1.165) is 6.42 Å². The van der Waals surface area contributed by atoms with Crippen molar-refractivity contribution in [2.24, 2.45) is 0 Å². The van der Waals surface area contributed by atoms with E-state index in [9.17, 15) is 0 Å². The normalized spacial score (nSPS) is 27.8. The first-order valence-electron chi connectivity index (χ1n) is 4.16. The first-order chi connectivity index (χ1) is 5.81. The molecule has 2 nitrogen and oxygen atoms in total. The van der Waals surface area contributed by atoms with Gasteiger partial charge in [-0.15, -0.1) is 0 Å². The van der Waals surface area contributed by atoms with Gasteiger partial charge in [0.05, 0.1) is 5.54 Å². The van der Waals surface area contributed by atoms with E-state index < -0.39 is 0 Å². The van der Waals surface area contributed by atoms with E-state index in [1.165, 1.54) is 0 Å². The lowest BCUT2D eigenvalue weighted by Crippen LogP contribution is -2.28. The molecule has 0 saturated heterocycles. The van der Waals surface area contributed by atoms with Crippen LogP contribution in [0.3, 0.4) is 0 Å². The van der Waals surface area contributed by atoms with E-state index in [0.29, 0.717) is 0 Å². The molecule has 1 aliphatic rings. The van der Waals surface area contributed by atoms with Gasteiger partial charge in [0.25, 0.3) is 0 Å². The maximum Gasteiger partial charge on any atom is 0.0816 e. The number of hydrogen-bond donors (Lipinski definition) is 0. The topological polar surface area (TPSA) is 17.8 Å². The molecular formula is C10H12N2. The standard InChI is InChI=1S/C10H12N2/c1-10(6-3-2-4-7-10)12-9-5-8-11-12/h2-6,8-9H,7H2,1H3. The van der Waals surface area contributed by atoms with Gasteiger partial charge in [0.15, 0.2) is 0 Å². The van der Waals surface area contributed by atoms with Crippen LogP contribution in [-0.4, -0.2) is 9.78 Å². The predicted octanol–water partition coefficient (Wildman–Crippen LogP) is 2.11. The van der Waals surface area contributed by atoms with Crippen molar-refractivity contribution in [1.82, 2.24) is 9.78 Å². The lowest BCUT2D eigenvalue weighted by molar-refractivity contribution is 0.369. The summed E-state index contributed by atoms with van der Waals surface area (Å²) >= 11 is 0. The molecule has 2 heteroatoms. The van der Waals surface area contributed by atoms with Gasteiger partial charge in [0, 0.05) is 12.4 Å². The van der Waals surface area contributed by atoms with Gasteiger partial charge in [0.2, 0.25) is 0 Å². The van der Waals surface area contributed by atoms with Crippen molar-refractivity contribution >= 4 is 0 Å². The van der Waals surface area contributed by atoms with Crippen LogP contribution in [-0.2, 0) is 5.54 Å². The first-order valence-corrected chi connectivity index (χ1v) is 4.16. The Bertz CT molecular complexity index is 309. The highest BCUT2D eigenvalue weighted by molar-refractivity contribution is 5.17. The lowest BCUT2D eigenvalue weighted by Gasteiger charge is -2.26. The van der Waals surface area contributed by atoms with Crippen molar-refractivity contribution in [1.29, 1.82) is 0 Å². The fourth-order valence-electron chi connectivity index (χ4n) is 1.46. The van der Waals surface area contributed by atoms with Gasteiger partial charge < -0.3 is 0 Å². The van der Waals surface area contributed by atoms with Crippen molar-refractivity contribution < 1.29 is 0 Å². The van der Waals surface area contributed by atoms with Crippen LogP contribution >= 0.6 is 0 Å². The zero-order valence-electron chi connectivity index (χ0n) is 7.14. The van der Waals surface area contributed by atoms with E-state index in [1.54, 1.807) is 0 Å². The highest BCUT2D eigenvalue weighted by atomic mass is 15.3. The van der Waals surface area contributed by atoms with Crippen molar-refractivity contribution in [3.05, 3.63) is 42.8 Å². The Hall–Kier alpha value is -1.31. The summed E-state index contributed by atoms with van der Waals surface area (Å²) in [6.07, 6.45) is 13.3. The molecule has 0 amide bonds. The number of rotatable bonds is 1. The molecule has 0 spiro atoms. The Morgan fingerprint density at radius 1 is 1.42 bits per heavy atom. The summed E-state index contributed by atoms with van der Waals surface area (Å²) in [6, 6.07) is 1.96.